The Hall–Kier alpha value is -2.14. The van der Waals surface area contributed by atoms with E-state index < -0.39 is 0 Å². The van der Waals surface area contributed by atoms with Gasteiger partial charge in [0.2, 0.25) is 11.0 Å². The van der Waals surface area contributed by atoms with E-state index in [4.69, 9.17) is 16.3 Å². The number of thioether (sulfide) groups is 1. The summed E-state index contributed by atoms with van der Waals surface area (Å²) in [6.07, 6.45) is 0. The molecule has 2 N–H and O–H groups in total. The van der Waals surface area contributed by atoms with E-state index in [1.807, 2.05) is 6.07 Å². The number of nitrogens with one attached hydrogen (secondary N) is 2. The number of hydrogen-bond acceptors (Lipinski definition) is 7. The standard InChI is InChI=1S/C18H14BrClN4O3S2/c1-27-14-7-6-10(8-13(14)20)21-15(25)9-28-18-24-23-17(29-18)22-16(26)11-4-2-3-5-12(11)19/h2-8H,9H2,1H3,(H,21,25)(H,22,23,26). The Labute approximate surface area is 188 Å². The van der Waals surface area contributed by atoms with Crippen molar-refractivity contribution in [2.24, 2.45) is 0 Å². The smallest absolute Gasteiger partial charge is 0.258 e. The summed E-state index contributed by atoms with van der Waals surface area (Å²) in [5.74, 6) is 0.158. The van der Waals surface area contributed by atoms with Crippen molar-refractivity contribution in [3.63, 3.8) is 0 Å². The Bertz CT molecular complexity index is 1050. The minimum Gasteiger partial charge on any atom is -0.495 e. The van der Waals surface area contributed by atoms with Crippen LogP contribution in [0, 0.1) is 0 Å². The van der Waals surface area contributed by atoms with Crippen LogP contribution in [0.5, 0.6) is 5.75 Å². The second kappa shape index (κ2) is 10.1. The fourth-order valence-electron chi connectivity index (χ4n) is 2.20. The first-order valence-corrected chi connectivity index (χ1v) is 11.1. The fraction of sp³-hybridized carbons (Fsp3) is 0.111. The highest BCUT2D eigenvalue weighted by molar-refractivity contribution is 9.10. The van der Waals surface area contributed by atoms with E-state index in [0.29, 0.717) is 36.0 Å². The number of amides is 2. The predicted molar refractivity (Wildman–Crippen MR) is 119 cm³/mol. The lowest BCUT2D eigenvalue weighted by atomic mass is 10.2. The zero-order chi connectivity index (χ0) is 20.8. The number of nitrogens with zero attached hydrogens (tertiary/aromatic N) is 2. The van der Waals surface area contributed by atoms with Gasteiger partial charge in [0.15, 0.2) is 4.34 Å². The molecule has 150 valence electrons. The lowest BCUT2D eigenvalue weighted by molar-refractivity contribution is -0.113. The van der Waals surface area contributed by atoms with Crippen molar-refractivity contribution in [1.82, 2.24) is 10.2 Å². The van der Waals surface area contributed by atoms with Crippen molar-refractivity contribution in [3.8, 4) is 5.75 Å². The summed E-state index contributed by atoms with van der Waals surface area (Å²) in [6.45, 7) is 0. The quantitative estimate of drug-likeness (QED) is 0.343. The molecule has 0 fully saturated rings. The van der Waals surface area contributed by atoms with Crippen LogP contribution in [0.4, 0.5) is 10.8 Å². The normalized spacial score (nSPS) is 10.4. The molecule has 0 radical (unpaired) electrons. The Morgan fingerprint density at radius 3 is 2.72 bits per heavy atom. The molecular weight excluding hydrogens is 500 g/mol. The summed E-state index contributed by atoms with van der Waals surface area (Å²) in [5.41, 5.74) is 1.06. The van der Waals surface area contributed by atoms with Gasteiger partial charge in [-0.1, -0.05) is 46.8 Å². The van der Waals surface area contributed by atoms with Crippen LogP contribution in [-0.2, 0) is 4.79 Å². The first-order chi connectivity index (χ1) is 14.0. The fourth-order valence-corrected chi connectivity index (χ4v) is 4.47. The van der Waals surface area contributed by atoms with Gasteiger partial charge in [-0.2, -0.15) is 0 Å². The number of hydrogen-bond donors (Lipinski definition) is 2. The van der Waals surface area contributed by atoms with Gasteiger partial charge in [-0.3, -0.25) is 14.9 Å². The Morgan fingerprint density at radius 2 is 2.00 bits per heavy atom. The molecule has 0 aliphatic rings. The van der Waals surface area contributed by atoms with Crippen LogP contribution in [-0.4, -0.2) is 34.9 Å². The summed E-state index contributed by atoms with van der Waals surface area (Å²) in [5, 5.41) is 14.1. The predicted octanol–water partition coefficient (Wildman–Crippen LogP) is 4.95. The number of ether oxygens (including phenoxy) is 1. The van der Waals surface area contributed by atoms with E-state index in [-0.39, 0.29) is 17.6 Å². The molecule has 29 heavy (non-hydrogen) atoms. The average Bonchev–Trinajstić information content (AvgIpc) is 3.14. The number of methoxy groups -OCH3 is 1. The molecule has 11 heteroatoms. The number of aromatic nitrogens is 2. The highest BCUT2D eigenvalue weighted by Gasteiger charge is 2.14. The van der Waals surface area contributed by atoms with Crippen LogP contribution in [0.1, 0.15) is 10.4 Å². The third-order valence-electron chi connectivity index (χ3n) is 3.51. The Kier molecular flexibility index (Phi) is 7.48. The van der Waals surface area contributed by atoms with Crippen molar-refractivity contribution in [2.75, 3.05) is 23.5 Å². The van der Waals surface area contributed by atoms with E-state index >= 15 is 0 Å². The summed E-state index contributed by atoms with van der Waals surface area (Å²) in [7, 11) is 1.52. The molecule has 0 aliphatic carbocycles. The SMILES string of the molecule is COc1ccc(NC(=O)CSc2nnc(NC(=O)c3ccccc3Br)s2)cc1Cl. The van der Waals surface area contributed by atoms with Crippen molar-refractivity contribution < 1.29 is 14.3 Å². The Morgan fingerprint density at radius 1 is 1.21 bits per heavy atom. The summed E-state index contributed by atoms with van der Waals surface area (Å²) >= 11 is 11.8. The third kappa shape index (κ3) is 5.92. The maximum absolute atomic E-state index is 12.3. The van der Waals surface area contributed by atoms with E-state index in [0.717, 1.165) is 0 Å². The molecular formula is C18H14BrClN4O3S2. The van der Waals surface area contributed by atoms with Crippen molar-refractivity contribution >= 4 is 73.3 Å². The van der Waals surface area contributed by atoms with Crippen molar-refractivity contribution in [1.29, 1.82) is 0 Å². The van der Waals surface area contributed by atoms with E-state index in [9.17, 15) is 9.59 Å². The molecule has 0 spiro atoms. The molecule has 3 aromatic rings. The molecule has 2 aromatic carbocycles. The molecule has 0 saturated carbocycles. The summed E-state index contributed by atoms with van der Waals surface area (Å²) < 4.78 is 6.33. The van der Waals surface area contributed by atoms with Crippen LogP contribution in [0.25, 0.3) is 0 Å². The van der Waals surface area contributed by atoms with E-state index in [2.05, 4.69) is 36.8 Å². The summed E-state index contributed by atoms with van der Waals surface area (Å²) in [4.78, 5) is 24.4. The molecule has 0 atom stereocenters. The molecule has 0 unspecified atom stereocenters. The molecule has 2 amide bonds. The second-order valence-corrected chi connectivity index (χ2v) is 8.95. The minimum atomic E-state index is -0.292. The molecule has 0 bridgehead atoms. The number of rotatable bonds is 7. The van der Waals surface area contributed by atoms with Gasteiger partial charge in [0.25, 0.3) is 5.91 Å². The molecule has 0 saturated heterocycles. The zero-order valence-electron chi connectivity index (χ0n) is 14.9. The maximum atomic E-state index is 12.3. The lowest BCUT2D eigenvalue weighted by Crippen LogP contribution is -2.13. The maximum Gasteiger partial charge on any atom is 0.258 e. The molecule has 0 aliphatic heterocycles. The van der Waals surface area contributed by atoms with Gasteiger partial charge in [-0.05, 0) is 46.3 Å². The highest BCUT2D eigenvalue weighted by Crippen LogP contribution is 2.29. The largest absolute Gasteiger partial charge is 0.495 e. The number of carbonyl (C=O) groups is 2. The van der Waals surface area contributed by atoms with Gasteiger partial charge in [0.05, 0.1) is 23.4 Å². The van der Waals surface area contributed by atoms with Crippen LogP contribution < -0.4 is 15.4 Å². The molecule has 3 rings (SSSR count). The first kappa shape index (κ1) is 21.6. The molecule has 7 nitrogen and oxygen atoms in total. The number of anilines is 2. The van der Waals surface area contributed by atoms with Gasteiger partial charge in [0, 0.05) is 10.2 Å². The van der Waals surface area contributed by atoms with Gasteiger partial charge in [0.1, 0.15) is 5.75 Å². The third-order valence-corrected chi connectivity index (χ3v) is 6.47. The number of carbonyl (C=O) groups excluding carboxylic acids is 2. The van der Waals surface area contributed by atoms with Crippen LogP contribution in [0.15, 0.2) is 51.3 Å². The second-order valence-electron chi connectivity index (χ2n) is 5.49. The van der Waals surface area contributed by atoms with Crippen LogP contribution in [0.2, 0.25) is 5.02 Å². The lowest BCUT2D eigenvalue weighted by Gasteiger charge is -2.07. The van der Waals surface area contributed by atoms with Gasteiger partial charge < -0.3 is 10.1 Å². The number of benzene rings is 2. The average molecular weight is 514 g/mol. The van der Waals surface area contributed by atoms with E-state index in [1.54, 1.807) is 36.4 Å². The monoisotopic (exact) mass is 512 g/mol. The molecule has 1 heterocycles. The zero-order valence-corrected chi connectivity index (χ0v) is 18.9. The molecule has 1 aromatic heterocycles. The van der Waals surface area contributed by atoms with Crippen molar-refractivity contribution in [3.05, 3.63) is 57.5 Å². The van der Waals surface area contributed by atoms with Gasteiger partial charge in [-0.15, -0.1) is 10.2 Å². The van der Waals surface area contributed by atoms with Crippen molar-refractivity contribution in [2.45, 2.75) is 4.34 Å². The minimum absolute atomic E-state index is 0.135. The Balaban J connectivity index is 1.52. The number of halogens is 2. The highest BCUT2D eigenvalue weighted by atomic mass is 79.9. The van der Waals surface area contributed by atoms with Gasteiger partial charge >= 0.3 is 0 Å². The first-order valence-electron chi connectivity index (χ1n) is 8.12. The summed E-state index contributed by atoms with van der Waals surface area (Å²) in [6, 6.07) is 12.1. The van der Waals surface area contributed by atoms with Crippen LogP contribution >= 0.6 is 50.6 Å². The van der Waals surface area contributed by atoms with E-state index in [1.165, 1.54) is 30.2 Å². The van der Waals surface area contributed by atoms with Gasteiger partial charge in [-0.25, -0.2) is 0 Å². The topological polar surface area (TPSA) is 93.2 Å². The van der Waals surface area contributed by atoms with Crippen LogP contribution in [0.3, 0.4) is 0 Å².